The van der Waals surface area contributed by atoms with Crippen molar-refractivity contribution in [2.45, 2.75) is 107 Å². The molecule has 2 aromatic rings. The SMILES string of the molecule is CCCCCCCCCCCCCCCc1cc(Oc2ccc(S(=O)(=O)N=[N+]=[N-])cc2)ccc1S(=O)(=O)N=[N+]=[N-]. The fourth-order valence-corrected chi connectivity index (χ4v) is 5.99. The number of hydrogen-bond donors (Lipinski definition) is 0. The summed E-state index contributed by atoms with van der Waals surface area (Å²) in [4.78, 5) is 4.52. The Morgan fingerprint density at radius 1 is 0.650 bits per heavy atom. The van der Waals surface area contributed by atoms with Crippen molar-refractivity contribution in [1.29, 1.82) is 0 Å². The van der Waals surface area contributed by atoms with Gasteiger partial charge in [0.15, 0.2) is 0 Å². The lowest BCUT2D eigenvalue weighted by Crippen LogP contribution is -2.02. The van der Waals surface area contributed by atoms with Crippen molar-refractivity contribution in [3.63, 3.8) is 0 Å². The highest BCUT2D eigenvalue weighted by Crippen LogP contribution is 2.29. The predicted octanol–water partition coefficient (Wildman–Crippen LogP) is 9.11. The summed E-state index contributed by atoms with van der Waals surface area (Å²) in [6.07, 6.45) is 16.1. The molecule has 218 valence electrons. The molecule has 0 heterocycles. The number of aryl methyl sites for hydroxylation is 1. The van der Waals surface area contributed by atoms with Crippen LogP contribution in [0.4, 0.5) is 0 Å². The molecule has 13 heteroatoms. The van der Waals surface area contributed by atoms with Gasteiger partial charge in [-0.2, -0.15) is 0 Å². The van der Waals surface area contributed by atoms with Gasteiger partial charge >= 0.3 is 0 Å². The number of ether oxygens (including phenoxy) is 1. The number of azide groups is 2. The van der Waals surface area contributed by atoms with Crippen LogP contribution in [0.2, 0.25) is 0 Å². The molecule has 0 atom stereocenters. The molecular formula is C27H38N6O5S2. The van der Waals surface area contributed by atoms with Crippen LogP contribution in [-0.4, -0.2) is 16.8 Å². The summed E-state index contributed by atoms with van der Waals surface area (Å²) >= 11 is 0. The first-order valence-corrected chi connectivity index (χ1v) is 16.6. The molecule has 0 saturated carbocycles. The molecule has 0 unspecified atom stereocenters. The van der Waals surface area contributed by atoms with Crippen LogP contribution in [0, 0.1) is 0 Å². The molecule has 2 rings (SSSR count). The van der Waals surface area contributed by atoms with Crippen LogP contribution in [0.5, 0.6) is 11.5 Å². The number of sulfonamides is 2. The summed E-state index contributed by atoms with van der Waals surface area (Å²) in [7, 11) is -8.29. The fraction of sp³-hybridized carbons (Fsp3) is 0.556. The lowest BCUT2D eigenvalue weighted by atomic mass is 10.0. The van der Waals surface area contributed by atoms with Crippen molar-refractivity contribution >= 4 is 20.0 Å². The Labute approximate surface area is 237 Å². The van der Waals surface area contributed by atoms with Gasteiger partial charge in [-0.15, -0.1) is 0 Å². The van der Waals surface area contributed by atoms with E-state index < -0.39 is 20.0 Å². The number of rotatable bonds is 20. The number of benzene rings is 2. The van der Waals surface area contributed by atoms with Gasteiger partial charge in [0, 0.05) is 18.9 Å². The Balaban J connectivity index is 1.94. The Hall–Kier alpha value is -3.24. The molecule has 40 heavy (non-hydrogen) atoms. The van der Waals surface area contributed by atoms with Crippen molar-refractivity contribution in [3.05, 3.63) is 68.9 Å². The van der Waals surface area contributed by atoms with Crippen LogP contribution < -0.4 is 4.74 Å². The summed E-state index contributed by atoms with van der Waals surface area (Å²) in [5.41, 5.74) is 17.6. The zero-order chi connectivity index (χ0) is 29.3. The van der Waals surface area contributed by atoms with Crippen LogP contribution in [0.3, 0.4) is 0 Å². The Morgan fingerprint density at radius 3 is 1.65 bits per heavy atom. The van der Waals surface area contributed by atoms with Crippen LogP contribution in [0.1, 0.15) is 96.0 Å². The second-order valence-corrected chi connectivity index (χ2v) is 12.8. The monoisotopic (exact) mass is 590 g/mol. The van der Waals surface area contributed by atoms with Gasteiger partial charge in [0.05, 0.1) is 9.79 Å². The Morgan fingerprint density at radius 2 is 1.12 bits per heavy atom. The third-order valence-corrected chi connectivity index (χ3v) is 8.90. The highest BCUT2D eigenvalue weighted by Gasteiger charge is 2.18. The quantitative estimate of drug-likeness (QED) is 0.0645. The normalized spacial score (nSPS) is 11.4. The predicted molar refractivity (Wildman–Crippen MR) is 155 cm³/mol. The van der Waals surface area contributed by atoms with E-state index in [1.165, 1.54) is 94.2 Å². The van der Waals surface area contributed by atoms with Crippen molar-refractivity contribution in [1.82, 2.24) is 0 Å². The molecule has 0 aliphatic heterocycles. The smallest absolute Gasteiger partial charge is 0.264 e. The Kier molecular flexibility index (Phi) is 14.4. The number of nitrogens with zero attached hydrogens (tertiary/aromatic N) is 6. The van der Waals surface area contributed by atoms with Gasteiger partial charge in [0.2, 0.25) is 0 Å². The molecule has 0 spiro atoms. The minimum atomic E-state index is -4.18. The summed E-state index contributed by atoms with van der Waals surface area (Å²) in [5, 5.41) is 0. The van der Waals surface area contributed by atoms with E-state index >= 15 is 0 Å². The van der Waals surface area contributed by atoms with Gasteiger partial charge in [0.1, 0.15) is 11.5 Å². The first-order chi connectivity index (χ1) is 19.2. The van der Waals surface area contributed by atoms with Crippen molar-refractivity contribution < 1.29 is 21.6 Å². The van der Waals surface area contributed by atoms with Crippen LogP contribution >= 0.6 is 0 Å². The summed E-state index contributed by atoms with van der Waals surface area (Å²) < 4.78 is 60.2. The second-order valence-electron chi connectivity index (χ2n) is 9.63. The van der Waals surface area contributed by atoms with Crippen molar-refractivity contribution in [2.75, 3.05) is 0 Å². The molecule has 0 N–H and O–H groups in total. The highest BCUT2D eigenvalue weighted by atomic mass is 32.2. The van der Waals surface area contributed by atoms with E-state index in [4.69, 9.17) is 15.8 Å². The molecule has 11 nitrogen and oxygen atoms in total. The average molecular weight is 591 g/mol. The van der Waals surface area contributed by atoms with E-state index in [0.29, 0.717) is 23.5 Å². The molecule has 0 bridgehead atoms. The molecule has 0 saturated heterocycles. The third kappa shape index (κ3) is 11.5. The molecule has 0 radical (unpaired) electrons. The highest BCUT2D eigenvalue weighted by molar-refractivity contribution is 7.90. The fourth-order valence-electron chi connectivity index (χ4n) is 4.40. The molecule has 0 amide bonds. The maximum Gasteiger partial charge on any atom is 0.264 e. The molecular weight excluding hydrogens is 552 g/mol. The molecule has 0 aromatic heterocycles. The molecule has 0 aliphatic carbocycles. The van der Waals surface area contributed by atoms with E-state index in [-0.39, 0.29) is 9.79 Å². The van der Waals surface area contributed by atoms with Gasteiger partial charge < -0.3 is 4.74 Å². The Bertz CT molecular complexity index is 1380. The van der Waals surface area contributed by atoms with Crippen LogP contribution in [0.25, 0.3) is 20.9 Å². The largest absolute Gasteiger partial charge is 0.457 e. The second kappa shape index (κ2) is 17.5. The molecule has 2 aromatic carbocycles. The lowest BCUT2D eigenvalue weighted by molar-refractivity contribution is 0.480. The van der Waals surface area contributed by atoms with E-state index in [9.17, 15) is 16.8 Å². The maximum atomic E-state index is 12.5. The lowest BCUT2D eigenvalue weighted by Gasteiger charge is -2.12. The van der Waals surface area contributed by atoms with E-state index in [2.05, 4.69) is 25.8 Å². The van der Waals surface area contributed by atoms with Crippen LogP contribution in [-0.2, 0) is 26.5 Å². The van der Waals surface area contributed by atoms with Gasteiger partial charge in [0.25, 0.3) is 20.0 Å². The first-order valence-electron chi connectivity index (χ1n) is 13.8. The topological polar surface area (TPSA) is 175 Å². The zero-order valence-electron chi connectivity index (χ0n) is 23.0. The standard InChI is InChI=1S/C27H38N6O5S2/c1-2-3-4-5-6-7-8-9-10-11-12-13-14-15-23-22-25(18-21-27(23)40(36,37)33-31-29)38-24-16-19-26(20-17-24)39(34,35)32-30-28/h16-22H,2-15H2,1H3. The summed E-state index contributed by atoms with van der Waals surface area (Å²) in [6, 6.07) is 9.66. The average Bonchev–Trinajstić information content (AvgIpc) is 2.91. The van der Waals surface area contributed by atoms with E-state index in [0.717, 1.165) is 25.7 Å². The van der Waals surface area contributed by atoms with Gasteiger partial charge in [-0.05, 0) is 71.9 Å². The van der Waals surface area contributed by atoms with Crippen LogP contribution in [0.15, 0.2) is 61.3 Å². The summed E-state index contributed by atoms with van der Waals surface area (Å²) in [5.74, 6) is 0.646. The molecule has 0 fully saturated rings. The summed E-state index contributed by atoms with van der Waals surface area (Å²) in [6.45, 7) is 2.23. The maximum absolute atomic E-state index is 12.5. The zero-order valence-corrected chi connectivity index (χ0v) is 24.6. The van der Waals surface area contributed by atoms with Gasteiger partial charge in [-0.25, -0.2) is 16.8 Å². The van der Waals surface area contributed by atoms with Crippen molar-refractivity contribution in [3.8, 4) is 11.5 Å². The number of hydrogen-bond acceptors (Lipinski definition) is 5. The third-order valence-electron chi connectivity index (χ3n) is 6.50. The minimum Gasteiger partial charge on any atom is -0.457 e. The molecule has 0 aliphatic rings. The van der Waals surface area contributed by atoms with Gasteiger partial charge in [-0.3, -0.25) is 0 Å². The minimum absolute atomic E-state index is 0.0626. The van der Waals surface area contributed by atoms with Gasteiger partial charge in [-0.1, -0.05) is 84.0 Å². The van der Waals surface area contributed by atoms with E-state index in [1.807, 2.05) is 0 Å². The first kappa shape index (κ1) is 33.0. The number of unbranched alkanes of at least 4 members (excludes halogenated alkanes) is 12. The van der Waals surface area contributed by atoms with Crippen molar-refractivity contribution in [2.24, 2.45) is 9.04 Å². The van der Waals surface area contributed by atoms with E-state index in [1.54, 1.807) is 6.07 Å².